The third-order valence-corrected chi connectivity index (χ3v) is 7.78. The van der Waals surface area contributed by atoms with Gasteiger partial charge < -0.3 is 24.9 Å². The number of para-hydroxylation sites is 2. The van der Waals surface area contributed by atoms with Crippen LogP contribution in [0.5, 0.6) is 5.75 Å². The zero-order chi connectivity index (χ0) is 34.8. The molecule has 1 heterocycles. The molecule has 1 aliphatic heterocycles. The van der Waals surface area contributed by atoms with Crippen molar-refractivity contribution in [3.63, 3.8) is 0 Å². The zero-order valence-electron chi connectivity index (χ0n) is 27.7. The molecule has 0 aliphatic carbocycles. The number of ketones is 1. The smallest absolute Gasteiger partial charge is 0.416 e. The number of oxime groups is 1. The summed E-state index contributed by atoms with van der Waals surface area (Å²) in [6.07, 6.45) is -0.778. The van der Waals surface area contributed by atoms with E-state index in [4.69, 9.17) is 20.0 Å². The molecule has 262 valence electrons. The number of halogens is 4. The lowest BCUT2D eigenvalue weighted by atomic mass is 10.0. The van der Waals surface area contributed by atoms with Crippen molar-refractivity contribution >= 4 is 17.2 Å². The maximum absolute atomic E-state index is 12.9. The van der Waals surface area contributed by atoms with E-state index in [2.05, 4.69) is 21.0 Å². The number of ether oxygens (including phenoxy) is 2. The number of methoxy groups -OCH3 is 2. The van der Waals surface area contributed by atoms with Crippen LogP contribution >= 0.6 is 0 Å². The first-order valence-corrected chi connectivity index (χ1v) is 16.1. The highest BCUT2D eigenvalue weighted by atomic mass is 19.4. The Morgan fingerprint density at radius 3 is 2.12 bits per heavy atom. The van der Waals surface area contributed by atoms with Crippen molar-refractivity contribution in [1.29, 1.82) is 0 Å². The number of carbonyl (C=O) groups excluding carboxylic acids is 1. The normalized spacial score (nSPS) is 13.9. The van der Waals surface area contributed by atoms with Crippen LogP contribution in [0.1, 0.15) is 53.6 Å². The van der Waals surface area contributed by atoms with E-state index in [1.165, 1.54) is 24.3 Å². The summed E-state index contributed by atoms with van der Waals surface area (Å²) in [7, 11) is 3.32. The third-order valence-electron chi connectivity index (χ3n) is 7.78. The number of Topliss-reactive ketones (excluding diaryl/α,β-unsaturated/α-hetero) is 1. The minimum atomic E-state index is -4.34. The van der Waals surface area contributed by atoms with E-state index >= 15 is 0 Å². The van der Waals surface area contributed by atoms with Crippen LogP contribution < -0.4 is 15.4 Å². The van der Waals surface area contributed by atoms with Gasteiger partial charge in [0.05, 0.1) is 24.1 Å². The van der Waals surface area contributed by atoms with Crippen molar-refractivity contribution in [2.75, 3.05) is 71.6 Å². The topological polar surface area (TPSA) is 89.6 Å². The number of carbonyl (C=O) groups is 1. The average molecular weight is 675 g/mol. The van der Waals surface area contributed by atoms with Gasteiger partial charge in [-0.25, -0.2) is 4.39 Å². The Hall–Kier alpha value is -4.00. The van der Waals surface area contributed by atoms with Crippen LogP contribution in [-0.4, -0.2) is 83.1 Å². The maximum Gasteiger partial charge on any atom is 0.416 e. The van der Waals surface area contributed by atoms with Crippen LogP contribution in [0.15, 0.2) is 78.0 Å². The summed E-state index contributed by atoms with van der Waals surface area (Å²) in [5.41, 5.74) is 7.60. The van der Waals surface area contributed by atoms with E-state index in [9.17, 15) is 22.4 Å². The number of rotatable bonds is 16. The minimum Gasteiger partial charge on any atom is -0.495 e. The van der Waals surface area contributed by atoms with Gasteiger partial charge in [0.15, 0.2) is 5.78 Å². The first kappa shape index (κ1) is 38.4. The third kappa shape index (κ3) is 12.9. The maximum atomic E-state index is 12.9. The molecule has 48 heavy (non-hydrogen) atoms. The molecule has 4 rings (SSSR count). The summed E-state index contributed by atoms with van der Waals surface area (Å²) in [5, 5.41) is 3.99. The molecule has 0 radical (unpaired) electrons. The van der Waals surface area contributed by atoms with E-state index in [1.54, 1.807) is 26.4 Å². The molecule has 0 saturated carbocycles. The number of nitrogens with zero attached hydrogens (tertiary/aromatic N) is 3. The van der Waals surface area contributed by atoms with Crippen molar-refractivity contribution < 1.29 is 36.7 Å². The SMILES string of the molecule is COCCCC/C(=N\OCCN)c1ccc(C(F)(F)F)cc1.COc1ccccc1N1CCN(CCCC(=O)c2ccc(F)cc2)CC1. The molecule has 1 saturated heterocycles. The number of hydrogen-bond donors (Lipinski definition) is 1. The van der Waals surface area contributed by atoms with Gasteiger partial charge in [-0.3, -0.25) is 9.69 Å². The molecular formula is C36H46F4N4O4. The lowest BCUT2D eigenvalue weighted by Crippen LogP contribution is -2.46. The fraction of sp³-hybridized carbons (Fsp3) is 0.444. The number of hydrogen-bond acceptors (Lipinski definition) is 8. The molecule has 12 heteroatoms. The molecular weight excluding hydrogens is 628 g/mol. The Morgan fingerprint density at radius 1 is 0.833 bits per heavy atom. The molecule has 0 amide bonds. The summed E-state index contributed by atoms with van der Waals surface area (Å²) >= 11 is 0. The van der Waals surface area contributed by atoms with Crippen molar-refractivity contribution in [1.82, 2.24) is 4.90 Å². The zero-order valence-corrected chi connectivity index (χ0v) is 27.7. The molecule has 3 aromatic rings. The fourth-order valence-corrected chi connectivity index (χ4v) is 5.16. The van der Waals surface area contributed by atoms with Crippen molar-refractivity contribution in [2.24, 2.45) is 10.9 Å². The van der Waals surface area contributed by atoms with E-state index < -0.39 is 11.7 Å². The molecule has 1 fully saturated rings. The van der Waals surface area contributed by atoms with Crippen molar-refractivity contribution in [3.05, 3.63) is 95.3 Å². The van der Waals surface area contributed by atoms with Gasteiger partial charge in [0, 0.05) is 58.4 Å². The largest absolute Gasteiger partial charge is 0.495 e. The molecule has 3 aromatic carbocycles. The van der Waals surface area contributed by atoms with Crippen LogP contribution in [0.2, 0.25) is 0 Å². The van der Waals surface area contributed by atoms with Gasteiger partial charge in [-0.2, -0.15) is 13.2 Å². The lowest BCUT2D eigenvalue weighted by Gasteiger charge is -2.36. The van der Waals surface area contributed by atoms with Gasteiger partial charge in [0.1, 0.15) is 18.2 Å². The Morgan fingerprint density at radius 2 is 1.50 bits per heavy atom. The summed E-state index contributed by atoms with van der Waals surface area (Å²) in [4.78, 5) is 21.9. The van der Waals surface area contributed by atoms with Gasteiger partial charge in [-0.05, 0) is 86.3 Å². The first-order valence-electron chi connectivity index (χ1n) is 16.1. The highest BCUT2D eigenvalue weighted by molar-refractivity contribution is 6.00. The number of benzene rings is 3. The lowest BCUT2D eigenvalue weighted by molar-refractivity contribution is -0.137. The van der Waals surface area contributed by atoms with Gasteiger partial charge in [-0.15, -0.1) is 0 Å². The molecule has 8 nitrogen and oxygen atoms in total. The second-order valence-electron chi connectivity index (χ2n) is 11.2. The van der Waals surface area contributed by atoms with Crippen molar-refractivity contribution in [2.45, 2.75) is 38.3 Å². The highest BCUT2D eigenvalue weighted by Crippen LogP contribution is 2.30. The number of alkyl halides is 3. The van der Waals surface area contributed by atoms with Gasteiger partial charge in [0.2, 0.25) is 0 Å². The fourth-order valence-electron chi connectivity index (χ4n) is 5.16. The molecule has 1 aliphatic rings. The number of unbranched alkanes of at least 4 members (excludes halogenated alkanes) is 1. The quantitative estimate of drug-likeness (QED) is 0.0587. The monoisotopic (exact) mass is 674 g/mol. The summed E-state index contributed by atoms with van der Waals surface area (Å²) in [6.45, 7) is 5.98. The van der Waals surface area contributed by atoms with Crippen LogP contribution in [0, 0.1) is 5.82 Å². The van der Waals surface area contributed by atoms with Gasteiger partial charge in [0.25, 0.3) is 0 Å². The predicted octanol–water partition coefficient (Wildman–Crippen LogP) is 6.82. The molecule has 0 bridgehead atoms. The molecule has 0 spiro atoms. The van der Waals surface area contributed by atoms with Crippen molar-refractivity contribution in [3.8, 4) is 5.75 Å². The van der Waals surface area contributed by atoms with Crippen LogP contribution in [0.25, 0.3) is 0 Å². The average Bonchev–Trinajstić information content (AvgIpc) is 3.10. The minimum absolute atomic E-state index is 0.0812. The molecule has 0 aromatic heterocycles. The summed E-state index contributed by atoms with van der Waals surface area (Å²) < 4.78 is 61.1. The van der Waals surface area contributed by atoms with E-state index in [-0.39, 0.29) is 18.2 Å². The van der Waals surface area contributed by atoms with E-state index in [0.717, 1.165) is 75.6 Å². The Bertz CT molecular complexity index is 1390. The van der Waals surface area contributed by atoms with Crippen LogP contribution in [-0.2, 0) is 15.8 Å². The Balaban J connectivity index is 0.000000265. The summed E-state index contributed by atoms with van der Waals surface area (Å²) in [5.74, 6) is 0.679. The van der Waals surface area contributed by atoms with E-state index in [1.807, 2.05) is 18.2 Å². The Kier molecular flexibility index (Phi) is 16.3. The Labute approximate surface area is 280 Å². The molecule has 2 N–H and O–H groups in total. The second-order valence-corrected chi connectivity index (χ2v) is 11.2. The summed E-state index contributed by atoms with van der Waals surface area (Å²) in [6, 6.07) is 18.8. The second kappa shape index (κ2) is 20.4. The number of anilines is 1. The molecule has 0 atom stereocenters. The molecule has 0 unspecified atom stereocenters. The van der Waals surface area contributed by atoms with Crippen LogP contribution in [0.4, 0.5) is 23.2 Å². The van der Waals surface area contributed by atoms with Gasteiger partial charge in [-0.1, -0.05) is 29.4 Å². The van der Waals surface area contributed by atoms with E-state index in [0.29, 0.717) is 42.8 Å². The predicted molar refractivity (Wildman–Crippen MR) is 180 cm³/mol. The number of nitrogens with two attached hydrogens (primary N) is 1. The van der Waals surface area contributed by atoms with Gasteiger partial charge >= 0.3 is 6.18 Å². The standard InChI is InChI=1S/C21H25FN2O2.C15H21F3N2O2/c1-26-21-7-3-2-5-19(21)24-15-13-23(14-16-24)12-4-6-20(25)17-8-10-18(22)11-9-17;1-21-10-3-2-4-14(20-22-11-9-19)12-5-7-13(8-6-12)15(16,17)18/h2-3,5,7-11H,4,6,12-16H2,1H3;5-8H,2-4,9-11,19H2,1H3/b;20-14+. The first-order chi connectivity index (χ1) is 23.2. The van der Waals surface area contributed by atoms with Crippen LogP contribution in [0.3, 0.4) is 0 Å². The number of piperazine rings is 1. The highest BCUT2D eigenvalue weighted by Gasteiger charge is 2.30.